The van der Waals surface area contributed by atoms with Gasteiger partial charge in [-0.2, -0.15) is 0 Å². The molecule has 2 nitrogen and oxygen atoms in total. The van der Waals surface area contributed by atoms with E-state index in [-0.39, 0.29) is 11.5 Å². The fourth-order valence-corrected chi connectivity index (χ4v) is 5.55. The van der Waals surface area contributed by atoms with Gasteiger partial charge in [0, 0.05) is 6.54 Å². The number of rotatable bonds is 3. The molecule has 3 N–H and O–H groups in total. The Kier molecular flexibility index (Phi) is 2.61. The lowest BCUT2D eigenvalue weighted by atomic mass is 9.42. The lowest BCUT2D eigenvalue weighted by molar-refractivity contribution is -0.155. The van der Waals surface area contributed by atoms with Gasteiger partial charge >= 0.3 is 0 Å². The van der Waals surface area contributed by atoms with Gasteiger partial charge in [-0.25, -0.2) is 0 Å². The molecule has 1 atom stereocenters. The molecule has 0 aliphatic heterocycles. The molecule has 4 bridgehead atoms. The number of aliphatic hydroxyl groups excluding tert-OH is 1. The minimum atomic E-state index is -0.334. The van der Waals surface area contributed by atoms with Crippen molar-refractivity contribution < 1.29 is 5.11 Å². The average molecular weight is 237 g/mol. The molecule has 0 radical (unpaired) electrons. The van der Waals surface area contributed by atoms with Crippen molar-refractivity contribution in [1.82, 2.24) is 0 Å². The van der Waals surface area contributed by atoms with Crippen LogP contribution in [0.3, 0.4) is 0 Å². The first-order chi connectivity index (χ1) is 7.97. The summed E-state index contributed by atoms with van der Waals surface area (Å²) < 4.78 is 0. The molecule has 17 heavy (non-hydrogen) atoms. The second-order valence-corrected chi connectivity index (χ2v) is 7.67. The van der Waals surface area contributed by atoms with Gasteiger partial charge in [-0.3, -0.25) is 0 Å². The predicted molar refractivity (Wildman–Crippen MR) is 69.4 cm³/mol. The van der Waals surface area contributed by atoms with Crippen molar-refractivity contribution in [3.63, 3.8) is 0 Å². The van der Waals surface area contributed by atoms with Crippen molar-refractivity contribution in [3.8, 4) is 0 Å². The van der Waals surface area contributed by atoms with E-state index in [1.54, 1.807) is 0 Å². The average Bonchev–Trinajstić information content (AvgIpc) is 2.25. The van der Waals surface area contributed by atoms with Crippen LogP contribution in [0.4, 0.5) is 0 Å². The molecule has 0 aromatic rings. The Bertz CT molecular complexity index is 275. The van der Waals surface area contributed by atoms with Crippen molar-refractivity contribution >= 4 is 0 Å². The smallest absolute Gasteiger partial charge is 0.0718 e. The Hall–Kier alpha value is -0.0800. The van der Waals surface area contributed by atoms with Gasteiger partial charge in [0.15, 0.2) is 0 Å². The molecular weight excluding hydrogens is 210 g/mol. The van der Waals surface area contributed by atoms with Crippen molar-refractivity contribution in [2.75, 3.05) is 6.54 Å². The molecule has 0 aromatic carbocycles. The second kappa shape index (κ2) is 3.71. The number of aliphatic hydroxyl groups is 1. The third-order valence-electron chi connectivity index (χ3n) is 6.46. The molecule has 0 spiro atoms. The van der Waals surface area contributed by atoms with E-state index < -0.39 is 0 Å². The molecule has 4 fully saturated rings. The molecule has 0 amide bonds. The molecule has 0 saturated heterocycles. The van der Waals surface area contributed by atoms with Gasteiger partial charge in [-0.15, -0.1) is 0 Å². The minimum absolute atomic E-state index is 0.00222. The summed E-state index contributed by atoms with van der Waals surface area (Å²) in [6.45, 7) is 4.93. The number of nitrogens with two attached hydrogens (primary N) is 1. The summed E-state index contributed by atoms with van der Waals surface area (Å²) in [5.41, 5.74) is 6.11. The zero-order chi connectivity index (χ0) is 12.3. The maximum Gasteiger partial charge on any atom is 0.0718 e. The summed E-state index contributed by atoms with van der Waals surface area (Å²) in [6.07, 6.45) is 8.12. The van der Waals surface area contributed by atoms with Gasteiger partial charge in [0.2, 0.25) is 0 Å². The minimum Gasteiger partial charge on any atom is -0.391 e. The molecule has 4 aliphatic rings. The predicted octanol–water partition coefficient (Wildman–Crippen LogP) is 2.55. The number of hydrogen-bond acceptors (Lipinski definition) is 2. The maximum absolute atomic E-state index is 10.3. The molecule has 98 valence electrons. The van der Waals surface area contributed by atoms with E-state index in [4.69, 9.17) is 5.73 Å². The van der Waals surface area contributed by atoms with Crippen LogP contribution in [0.5, 0.6) is 0 Å². The van der Waals surface area contributed by atoms with Crippen LogP contribution in [0.25, 0.3) is 0 Å². The highest BCUT2D eigenvalue weighted by Gasteiger charge is 2.58. The van der Waals surface area contributed by atoms with Crippen LogP contribution in [0, 0.1) is 28.6 Å². The second-order valence-electron chi connectivity index (χ2n) is 7.67. The zero-order valence-corrected chi connectivity index (χ0v) is 11.3. The summed E-state index contributed by atoms with van der Waals surface area (Å²) in [6, 6.07) is 0. The molecule has 2 heteroatoms. The largest absolute Gasteiger partial charge is 0.391 e. The van der Waals surface area contributed by atoms with Crippen molar-refractivity contribution in [2.24, 2.45) is 34.3 Å². The lowest BCUT2D eigenvalue weighted by Gasteiger charge is -2.63. The number of hydrogen-bond donors (Lipinski definition) is 2. The van der Waals surface area contributed by atoms with E-state index in [1.165, 1.54) is 38.5 Å². The summed E-state index contributed by atoms with van der Waals surface area (Å²) in [5.74, 6) is 2.85. The van der Waals surface area contributed by atoms with Gasteiger partial charge < -0.3 is 10.8 Å². The highest BCUT2D eigenvalue weighted by atomic mass is 16.3. The van der Waals surface area contributed by atoms with Crippen LogP contribution >= 0.6 is 0 Å². The van der Waals surface area contributed by atoms with Crippen LogP contribution < -0.4 is 5.73 Å². The highest BCUT2D eigenvalue weighted by molar-refractivity contribution is 5.08. The first kappa shape index (κ1) is 12.0. The van der Waals surface area contributed by atoms with Crippen LogP contribution in [0.15, 0.2) is 0 Å². The van der Waals surface area contributed by atoms with Crippen LogP contribution in [-0.2, 0) is 0 Å². The Morgan fingerprint density at radius 2 is 1.53 bits per heavy atom. The fourth-order valence-electron chi connectivity index (χ4n) is 5.55. The van der Waals surface area contributed by atoms with Crippen molar-refractivity contribution in [3.05, 3.63) is 0 Å². The maximum atomic E-state index is 10.3. The topological polar surface area (TPSA) is 46.2 Å². The first-order valence-corrected chi connectivity index (χ1v) is 7.35. The Morgan fingerprint density at radius 3 is 1.88 bits per heavy atom. The van der Waals surface area contributed by atoms with E-state index in [1.807, 2.05) is 0 Å². The first-order valence-electron chi connectivity index (χ1n) is 7.35. The lowest BCUT2D eigenvalue weighted by Crippen LogP contribution is -2.57. The molecule has 0 aromatic heterocycles. The van der Waals surface area contributed by atoms with Crippen LogP contribution in [-0.4, -0.2) is 17.8 Å². The van der Waals surface area contributed by atoms with E-state index in [0.717, 1.165) is 17.8 Å². The third kappa shape index (κ3) is 1.60. The summed E-state index contributed by atoms with van der Waals surface area (Å²) >= 11 is 0. The highest BCUT2D eigenvalue weighted by Crippen LogP contribution is 2.66. The van der Waals surface area contributed by atoms with E-state index in [0.29, 0.717) is 12.0 Å². The monoisotopic (exact) mass is 237 g/mol. The summed E-state index contributed by atoms with van der Waals surface area (Å²) in [7, 11) is 0. The summed E-state index contributed by atoms with van der Waals surface area (Å²) in [5, 5.41) is 10.3. The van der Waals surface area contributed by atoms with Gasteiger partial charge in [-0.1, -0.05) is 13.8 Å². The van der Waals surface area contributed by atoms with Gasteiger partial charge in [0.1, 0.15) is 0 Å². The van der Waals surface area contributed by atoms with E-state index in [2.05, 4.69) is 13.8 Å². The molecule has 0 heterocycles. The van der Waals surface area contributed by atoms with Gasteiger partial charge in [0.25, 0.3) is 0 Å². The normalized spacial score (nSPS) is 46.2. The molecule has 4 saturated carbocycles. The fraction of sp³-hybridized carbons (Fsp3) is 1.00. The quantitative estimate of drug-likeness (QED) is 0.792. The SMILES string of the molecule is CC(C)(C(O)CN)C12CC3CC(CC(C3)C1)C2. The van der Waals surface area contributed by atoms with Crippen LogP contribution in [0.1, 0.15) is 52.4 Å². The third-order valence-corrected chi connectivity index (χ3v) is 6.46. The standard InChI is InChI=1S/C15H27NO/c1-14(2,13(17)9-16)15-6-10-3-11(7-15)5-12(4-10)8-15/h10-13,17H,3-9,16H2,1-2H3. The molecular formula is C15H27NO. The van der Waals surface area contributed by atoms with Gasteiger partial charge in [-0.05, 0) is 67.1 Å². The zero-order valence-electron chi connectivity index (χ0n) is 11.3. The van der Waals surface area contributed by atoms with Crippen molar-refractivity contribution in [1.29, 1.82) is 0 Å². The Morgan fingerprint density at radius 1 is 1.12 bits per heavy atom. The van der Waals surface area contributed by atoms with Crippen LogP contribution in [0.2, 0.25) is 0 Å². The summed E-state index contributed by atoms with van der Waals surface area (Å²) in [4.78, 5) is 0. The van der Waals surface area contributed by atoms with E-state index >= 15 is 0 Å². The Labute approximate surface area is 105 Å². The molecule has 4 aliphatic carbocycles. The van der Waals surface area contributed by atoms with Gasteiger partial charge in [0.05, 0.1) is 6.10 Å². The molecule has 1 unspecified atom stereocenters. The van der Waals surface area contributed by atoms with Crippen molar-refractivity contribution in [2.45, 2.75) is 58.5 Å². The molecule has 4 rings (SSSR count). The van der Waals surface area contributed by atoms with E-state index in [9.17, 15) is 5.11 Å². The Balaban J connectivity index is 1.91.